The van der Waals surface area contributed by atoms with E-state index < -0.39 is 12.1 Å². The number of rotatable bonds is 7. The quantitative estimate of drug-likeness (QED) is 0.664. The highest BCUT2D eigenvalue weighted by molar-refractivity contribution is 7.99. The van der Waals surface area contributed by atoms with Gasteiger partial charge in [-0.05, 0) is 30.0 Å². The first kappa shape index (κ1) is 19.5. The van der Waals surface area contributed by atoms with Crippen LogP contribution < -0.4 is 5.32 Å². The number of nitriles is 1. The number of carbonyl (C=O) groups is 1. The van der Waals surface area contributed by atoms with E-state index in [1.54, 1.807) is 18.2 Å². The van der Waals surface area contributed by atoms with Gasteiger partial charge in [-0.15, -0.1) is 11.8 Å². The first-order chi connectivity index (χ1) is 10.8. The number of carbonyl (C=O) groups excluding carboxylic acids is 1. The van der Waals surface area contributed by atoms with Gasteiger partial charge in [-0.1, -0.05) is 26.8 Å². The molecule has 0 fully saturated rings. The van der Waals surface area contributed by atoms with E-state index in [4.69, 9.17) is 5.26 Å². The lowest BCUT2D eigenvalue weighted by atomic mass is 9.85. The molecule has 126 valence electrons. The predicted octanol–water partition coefficient (Wildman–Crippen LogP) is 2.19. The van der Waals surface area contributed by atoms with E-state index >= 15 is 0 Å². The minimum absolute atomic E-state index is 0.234. The summed E-state index contributed by atoms with van der Waals surface area (Å²) in [5.74, 6) is 0.0202. The number of aliphatic hydroxyl groups is 2. The smallest absolute Gasteiger partial charge is 0.251 e. The van der Waals surface area contributed by atoms with Crippen LogP contribution in [0.15, 0.2) is 29.2 Å². The summed E-state index contributed by atoms with van der Waals surface area (Å²) in [7, 11) is 0. The van der Waals surface area contributed by atoms with Crippen LogP contribution >= 0.6 is 11.8 Å². The largest absolute Gasteiger partial charge is 0.394 e. The topological polar surface area (TPSA) is 93.3 Å². The van der Waals surface area contributed by atoms with E-state index in [2.05, 4.69) is 5.32 Å². The Bertz CT molecular complexity index is 564. The molecule has 0 aliphatic carbocycles. The van der Waals surface area contributed by atoms with Gasteiger partial charge in [0, 0.05) is 10.5 Å². The number of thioether (sulfide) groups is 1. The molecule has 6 heteroatoms. The lowest BCUT2D eigenvalue weighted by molar-refractivity contribution is 0.0383. The molecule has 0 saturated carbocycles. The molecular weight excluding hydrogens is 312 g/mol. The molecule has 1 rings (SSSR count). The molecule has 1 aromatic carbocycles. The fourth-order valence-corrected chi connectivity index (χ4v) is 2.53. The second-order valence-corrected chi connectivity index (χ2v) is 7.49. The van der Waals surface area contributed by atoms with Gasteiger partial charge in [0.1, 0.15) is 0 Å². The second kappa shape index (κ2) is 8.92. The molecule has 23 heavy (non-hydrogen) atoms. The standard InChI is InChI=1S/C17H24N2O3S/c1-17(2,3)15(21)10-13(11-20)19-16(22)12-5-4-6-14(9-12)23-8-7-18/h4-6,9,13,15,20-21H,8,10-11H2,1-3H3,(H,19,22)/t13-,15-/m0/s1. The fourth-order valence-electron chi connectivity index (χ4n) is 1.91. The van der Waals surface area contributed by atoms with Crippen molar-refractivity contribution in [3.8, 4) is 6.07 Å². The number of hydrogen-bond acceptors (Lipinski definition) is 5. The molecule has 5 nitrogen and oxygen atoms in total. The van der Waals surface area contributed by atoms with Gasteiger partial charge in [-0.3, -0.25) is 4.79 Å². The first-order valence-corrected chi connectivity index (χ1v) is 8.46. The Morgan fingerprint density at radius 3 is 2.70 bits per heavy atom. The highest BCUT2D eigenvalue weighted by atomic mass is 32.2. The molecular formula is C17H24N2O3S. The molecule has 0 aromatic heterocycles. The average Bonchev–Trinajstić information content (AvgIpc) is 2.51. The molecule has 0 unspecified atom stereocenters. The Morgan fingerprint density at radius 1 is 1.43 bits per heavy atom. The maximum Gasteiger partial charge on any atom is 0.251 e. The zero-order chi connectivity index (χ0) is 17.5. The van der Waals surface area contributed by atoms with Crippen LogP contribution in [-0.2, 0) is 0 Å². The van der Waals surface area contributed by atoms with E-state index in [1.807, 2.05) is 32.9 Å². The van der Waals surface area contributed by atoms with Crippen LogP contribution in [0.25, 0.3) is 0 Å². The molecule has 3 N–H and O–H groups in total. The summed E-state index contributed by atoms with van der Waals surface area (Å²) in [5, 5.41) is 30.9. The summed E-state index contributed by atoms with van der Waals surface area (Å²) >= 11 is 1.36. The SMILES string of the molecule is CC(C)(C)[C@@H](O)C[C@@H](CO)NC(=O)c1cccc(SCC#N)c1. The van der Waals surface area contributed by atoms with Gasteiger partial charge in [0.15, 0.2) is 0 Å². The van der Waals surface area contributed by atoms with Crippen molar-refractivity contribution in [1.29, 1.82) is 5.26 Å². The molecule has 0 bridgehead atoms. The van der Waals surface area contributed by atoms with Gasteiger partial charge < -0.3 is 15.5 Å². The van der Waals surface area contributed by atoms with Gasteiger partial charge in [0.05, 0.1) is 30.6 Å². The number of nitrogens with one attached hydrogen (secondary N) is 1. The Labute approximate surface area is 141 Å². The fraction of sp³-hybridized carbons (Fsp3) is 0.529. The van der Waals surface area contributed by atoms with Gasteiger partial charge in [0.2, 0.25) is 0 Å². The minimum Gasteiger partial charge on any atom is -0.394 e. The van der Waals surface area contributed by atoms with Crippen molar-refractivity contribution >= 4 is 17.7 Å². The van der Waals surface area contributed by atoms with Crippen molar-refractivity contribution in [3.05, 3.63) is 29.8 Å². The van der Waals surface area contributed by atoms with Crippen molar-refractivity contribution < 1.29 is 15.0 Å². The third kappa shape index (κ3) is 6.61. The van der Waals surface area contributed by atoms with E-state index in [-0.39, 0.29) is 24.3 Å². The number of nitrogens with zero attached hydrogens (tertiary/aromatic N) is 1. The van der Waals surface area contributed by atoms with E-state index in [9.17, 15) is 15.0 Å². The van der Waals surface area contributed by atoms with E-state index in [1.165, 1.54) is 11.8 Å². The maximum atomic E-state index is 12.3. The Hall–Kier alpha value is -1.55. The van der Waals surface area contributed by atoms with Gasteiger partial charge >= 0.3 is 0 Å². The minimum atomic E-state index is -0.627. The van der Waals surface area contributed by atoms with Crippen molar-refractivity contribution in [2.75, 3.05) is 12.4 Å². The van der Waals surface area contributed by atoms with Gasteiger partial charge in [-0.25, -0.2) is 0 Å². The number of benzene rings is 1. The van der Waals surface area contributed by atoms with E-state index in [0.717, 1.165) is 4.90 Å². The van der Waals surface area contributed by atoms with Crippen LogP contribution in [0.2, 0.25) is 0 Å². The van der Waals surface area contributed by atoms with Gasteiger partial charge in [-0.2, -0.15) is 5.26 Å². The third-order valence-corrected chi connectivity index (χ3v) is 4.32. The highest BCUT2D eigenvalue weighted by Gasteiger charge is 2.26. The van der Waals surface area contributed by atoms with Crippen LogP contribution in [0.5, 0.6) is 0 Å². The summed E-state index contributed by atoms with van der Waals surface area (Å²) in [6.07, 6.45) is -0.341. The van der Waals surface area contributed by atoms with Crippen LogP contribution in [0.3, 0.4) is 0 Å². The van der Waals surface area contributed by atoms with Crippen molar-refractivity contribution in [3.63, 3.8) is 0 Å². The molecule has 0 heterocycles. The first-order valence-electron chi connectivity index (χ1n) is 7.47. The Morgan fingerprint density at radius 2 is 2.13 bits per heavy atom. The molecule has 1 amide bonds. The van der Waals surface area contributed by atoms with Crippen LogP contribution in [0.1, 0.15) is 37.6 Å². The number of aliphatic hydroxyl groups excluding tert-OH is 2. The number of amides is 1. The predicted molar refractivity (Wildman–Crippen MR) is 91.2 cm³/mol. The monoisotopic (exact) mass is 336 g/mol. The maximum absolute atomic E-state index is 12.3. The Balaban J connectivity index is 2.71. The summed E-state index contributed by atoms with van der Waals surface area (Å²) < 4.78 is 0. The molecule has 2 atom stereocenters. The normalized spacial score (nSPS) is 13.9. The molecule has 1 aromatic rings. The zero-order valence-corrected chi connectivity index (χ0v) is 14.6. The van der Waals surface area contributed by atoms with E-state index in [0.29, 0.717) is 11.3 Å². The van der Waals surface area contributed by atoms with Crippen LogP contribution in [0, 0.1) is 16.7 Å². The molecule has 0 saturated heterocycles. The molecule has 0 spiro atoms. The Kier molecular flexibility index (Phi) is 7.56. The van der Waals surface area contributed by atoms with Crippen LogP contribution in [-0.4, -0.2) is 40.6 Å². The van der Waals surface area contributed by atoms with Crippen LogP contribution in [0.4, 0.5) is 0 Å². The summed E-state index contributed by atoms with van der Waals surface area (Å²) in [6.45, 7) is 5.49. The zero-order valence-electron chi connectivity index (χ0n) is 13.7. The number of hydrogen-bond donors (Lipinski definition) is 3. The van der Waals surface area contributed by atoms with Crippen molar-refractivity contribution in [2.24, 2.45) is 5.41 Å². The lowest BCUT2D eigenvalue weighted by Gasteiger charge is -2.29. The van der Waals surface area contributed by atoms with Crippen molar-refractivity contribution in [1.82, 2.24) is 5.32 Å². The highest BCUT2D eigenvalue weighted by Crippen LogP contribution is 2.23. The summed E-state index contributed by atoms with van der Waals surface area (Å²) in [4.78, 5) is 13.1. The summed E-state index contributed by atoms with van der Waals surface area (Å²) in [5.41, 5.74) is 0.156. The third-order valence-electron chi connectivity index (χ3n) is 3.46. The molecule has 0 radical (unpaired) electrons. The molecule has 0 aliphatic heterocycles. The van der Waals surface area contributed by atoms with Crippen molar-refractivity contribution in [2.45, 2.75) is 44.2 Å². The van der Waals surface area contributed by atoms with Gasteiger partial charge in [0.25, 0.3) is 5.91 Å². The molecule has 0 aliphatic rings. The average molecular weight is 336 g/mol. The summed E-state index contributed by atoms with van der Waals surface area (Å²) in [6, 6.07) is 8.53. The second-order valence-electron chi connectivity index (χ2n) is 6.45. The lowest BCUT2D eigenvalue weighted by Crippen LogP contribution is -2.42.